The molecule has 0 radical (unpaired) electrons. The Labute approximate surface area is 311 Å². The van der Waals surface area contributed by atoms with E-state index in [1.165, 1.54) is 34.6 Å². The van der Waals surface area contributed by atoms with E-state index >= 15 is 0 Å². The molecule has 0 saturated carbocycles. The summed E-state index contributed by atoms with van der Waals surface area (Å²) >= 11 is 0. The zero-order valence-corrected chi connectivity index (χ0v) is 32.2. The van der Waals surface area contributed by atoms with Gasteiger partial charge in [0, 0.05) is 13.8 Å². The van der Waals surface area contributed by atoms with Crippen LogP contribution in [-0.2, 0) is 103 Å². The van der Waals surface area contributed by atoms with Crippen LogP contribution in [0.4, 0.5) is 0 Å². The molecule has 0 unspecified atom stereocenters. The summed E-state index contributed by atoms with van der Waals surface area (Å²) in [6.45, 7) is 19.8. The van der Waals surface area contributed by atoms with Crippen molar-refractivity contribution in [3.05, 3.63) is 0 Å². The second kappa shape index (κ2) is 167. The van der Waals surface area contributed by atoms with Crippen LogP contribution in [0.1, 0.15) is 83.1 Å². The highest BCUT2D eigenvalue weighted by atomic mass is 17.5. The van der Waals surface area contributed by atoms with Crippen LogP contribution in [0.5, 0.6) is 0 Å². The minimum Gasteiger partial charge on any atom is -0.304 e. The molecule has 54 heavy (non-hydrogen) atoms. The molecule has 0 heterocycles. The summed E-state index contributed by atoms with van der Waals surface area (Å²) in [6, 6.07) is 0. The largest absolute Gasteiger partial charge is 0.339 e. The molecule has 0 fully saturated rings. The van der Waals surface area contributed by atoms with Gasteiger partial charge in [0.05, 0.1) is 33.0 Å². The predicted molar refractivity (Wildman–Crippen MR) is 174 cm³/mol. The van der Waals surface area contributed by atoms with Crippen molar-refractivity contribution in [1.82, 2.24) is 0 Å². The number of aldehydes is 5. The Morgan fingerprint density at radius 1 is 0.389 bits per heavy atom. The molecule has 0 bridgehead atoms. The Kier molecular flexibility index (Phi) is 271. The molecule has 29 heteroatoms. The molecule has 334 valence electrons. The number of carbonyl (C=O) groups is 8. The average Bonchev–Trinajstić information content (AvgIpc) is 3.13. The normalized spacial score (nSPS) is 6.74. The summed E-state index contributed by atoms with van der Waals surface area (Å²) in [5.74, 6) is -1.38. The van der Waals surface area contributed by atoms with Gasteiger partial charge in [0.2, 0.25) is 0 Å². The van der Waals surface area contributed by atoms with Gasteiger partial charge >= 0.3 is 18.4 Å². The summed E-state index contributed by atoms with van der Waals surface area (Å²) < 4.78 is 0. The fourth-order valence-corrected chi connectivity index (χ4v) is 0.264. The van der Waals surface area contributed by atoms with Gasteiger partial charge in [0.1, 0.15) is 31.4 Å². The first kappa shape index (κ1) is 87.7. The minimum absolute atomic E-state index is 0.0694. The Balaban J connectivity index is -0.0000000308. The maximum atomic E-state index is 9.34. The van der Waals surface area contributed by atoms with Crippen molar-refractivity contribution in [2.45, 2.75) is 83.1 Å². The van der Waals surface area contributed by atoms with Crippen molar-refractivity contribution >= 4 is 49.8 Å². The molecule has 0 rings (SSSR count). The molecule has 0 aromatic rings. The number of hydrogen-bond acceptors (Lipinski definition) is 29. The van der Waals surface area contributed by atoms with Gasteiger partial charge in [-0.15, -0.1) is 0 Å². The van der Waals surface area contributed by atoms with Crippen LogP contribution >= 0.6 is 0 Å². The Morgan fingerprint density at radius 3 is 0.481 bits per heavy atom. The zero-order valence-electron chi connectivity index (χ0n) is 32.2. The molecule has 0 aromatic heterocycles. The number of carbonyl (C=O) groups excluding carboxylic acids is 8. The maximum absolute atomic E-state index is 9.34. The lowest BCUT2D eigenvalue weighted by Gasteiger charge is -1.83. The lowest BCUT2D eigenvalue weighted by Crippen LogP contribution is -1.89. The average molecular weight is 825 g/mol. The van der Waals surface area contributed by atoms with Crippen molar-refractivity contribution in [3.63, 3.8) is 0 Å². The molecule has 0 atom stereocenters. The summed E-state index contributed by atoms with van der Waals surface area (Å²) in [4.78, 5) is 99.9. The zero-order chi connectivity index (χ0) is 46.1. The molecule has 8 N–H and O–H groups in total. The Morgan fingerprint density at radius 2 is 0.481 bits per heavy atom. The molecule has 0 saturated heterocycles. The van der Waals surface area contributed by atoms with E-state index in [0.29, 0.717) is 33.0 Å². The van der Waals surface area contributed by atoms with Gasteiger partial charge < -0.3 is 38.6 Å². The van der Waals surface area contributed by atoms with Crippen LogP contribution in [-0.4, -0.2) is 125 Å². The highest BCUT2D eigenvalue weighted by Gasteiger charge is 1.79. The second-order valence-corrected chi connectivity index (χ2v) is 4.95. The van der Waals surface area contributed by atoms with Crippen molar-refractivity contribution in [2.75, 3.05) is 33.0 Å². The highest BCUT2D eigenvalue weighted by Crippen LogP contribution is 1.66. The summed E-state index contributed by atoms with van der Waals surface area (Å²) in [7, 11) is 0. The van der Waals surface area contributed by atoms with E-state index in [1.807, 2.05) is 0 Å². The molecular formula is C25H60O29. The van der Waals surface area contributed by atoms with Crippen molar-refractivity contribution in [2.24, 2.45) is 0 Å². The predicted octanol–water partition coefficient (Wildman–Crippen LogP) is 2.84. The van der Waals surface area contributed by atoms with Crippen molar-refractivity contribution < 1.29 is 145 Å². The van der Waals surface area contributed by atoms with E-state index in [0.717, 1.165) is 45.3 Å². The lowest BCUT2D eigenvalue weighted by atomic mass is 10.9. The lowest BCUT2D eigenvalue weighted by molar-refractivity contribution is -0.489. The van der Waals surface area contributed by atoms with Crippen molar-refractivity contribution in [1.29, 1.82) is 0 Å². The van der Waals surface area contributed by atoms with Crippen LogP contribution in [0.15, 0.2) is 0 Å². The van der Waals surface area contributed by atoms with Gasteiger partial charge in [0.15, 0.2) is 0 Å². The van der Waals surface area contributed by atoms with Crippen LogP contribution in [0.2, 0.25) is 0 Å². The molecule has 0 aliphatic heterocycles. The SMILES string of the molecule is CC(=O)OO.CC(=O)OO.CC=O.CC=O.CC=O.CC=O.CC=O.CCOOO.CCOOO.CCOOO.CCOOO.CCOOO.O=COO. The molecular weight excluding hydrogens is 764 g/mol. The third kappa shape index (κ3) is 872. The first-order valence-electron chi connectivity index (χ1n) is 13.6. The first-order valence-corrected chi connectivity index (χ1v) is 13.6. The van der Waals surface area contributed by atoms with Gasteiger partial charge in [-0.25, -0.2) is 65.6 Å². The summed E-state index contributed by atoms with van der Waals surface area (Å²) in [5, 5.41) is 74.3. The maximum Gasteiger partial charge on any atom is 0.339 e. The fraction of sp³-hybridized carbons (Fsp3) is 0.680. The van der Waals surface area contributed by atoms with Gasteiger partial charge in [-0.05, 0) is 69.2 Å². The van der Waals surface area contributed by atoms with E-state index in [1.54, 1.807) is 34.6 Å². The standard InChI is InChI=1S/5C2H6O3.2C2H4O3.5C2H4O.CH2O3/c5*1-2-4-5-3;2*1-2(3)5-4;5*1-2-3;2-1-4-3/h5*3H,2H2,1H3;2*4H,1H3;5*2H,1H3;1,3H. The first-order chi connectivity index (χ1) is 25.6. The monoisotopic (exact) mass is 824 g/mol. The molecule has 0 aliphatic carbocycles. The van der Waals surface area contributed by atoms with Crippen LogP contribution < -0.4 is 0 Å². The van der Waals surface area contributed by atoms with E-state index in [2.05, 4.69) is 64.3 Å². The van der Waals surface area contributed by atoms with Gasteiger partial charge in [-0.2, -0.15) is 10.5 Å². The molecule has 0 amide bonds. The van der Waals surface area contributed by atoms with E-state index in [4.69, 9.17) is 70.8 Å². The second-order valence-electron chi connectivity index (χ2n) is 4.95. The molecule has 0 aliphatic rings. The van der Waals surface area contributed by atoms with Gasteiger partial charge in [0.25, 0.3) is 0 Å². The third-order valence-corrected chi connectivity index (χ3v) is 1.15. The minimum atomic E-state index is -0.690. The summed E-state index contributed by atoms with van der Waals surface area (Å²) in [5.41, 5.74) is 0. The van der Waals surface area contributed by atoms with Crippen molar-refractivity contribution in [3.8, 4) is 0 Å². The van der Waals surface area contributed by atoms with E-state index in [-0.39, 0.29) is 6.47 Å². The third-order valence-electron chi connectivity index (χ3n) is 1.15. The number of rotatable bonds is 11. The van der Waals surface area contributed by atoms with Crippen LogP contribution in [0, 0.1) is 0 Å². The fourth-order valence-electron chi connectivity index (χ4n) is 0.264. The highest BCUT2D eigenvalue weighted by molar-refractivity contribution is 5.65. The Hall–Kier alpha value is -3.96. The van der Waals surface area contributed by atoms with E-state index in [9.17, 15) is 9.59 Å². The van der Waals surface area contributed by atoms with Crippen LogP contribution in [0.3, 0.4) is 0 Å². The van der Waals surface area contributed by atoms with Gasteiger partial charge in [-0.3, -0.25) is 4.79 Å². The number of hydrogen-bond donors (Lipinski definition) is 8. The molecule has 0 aromatic carbocycles. The topological polar surface area (TPSA) is 418 Å². The molecule has 0 spiro atoms. The van der Waals surface area contributed by atoms with Gasteiger partial charge in [-0.1, -0.05) is 25.2 Å². The smallest absolute Gasteiger partial charge is 0.304 e. The Bertz CT molecular complexity index is 476. The van der Waals surface area contributed by atoms with Crippen LogP contribution in [0.25, 0.3) is 0 Å². The van der Waals surface area contributed by atoms with E-state index < -0.39 is 11.9 Å². The molecule has 29 nitrogen and oxygen atoms in total. The quantitative estimate of drug-likeness (QED) is 0.0642. The summed E-state index contributed by atoms with van der Waals surface area (Å²) in [6.07, 6.45) is 3.75.